The smallest absolute Gasteiger partial charge is 0.262 e. The number of aromatic nitrogens is 3. The second-order valence-corrected chi connectivity index (χ2v) is 7.84. The maximum absolute atomic E-state index is 12.8. The van der Waals surface area contributed by atoms with Crippen LogP contribution in [0.1, 0.15) is 11.1 Å². The molecule has 4 aromatic rings. The number of rotatable bonds is 5. The number of para-hydroxylation sites is 1. The largest absolute Gasteiger partial charge is 0.283 e. The van der Waals surface area contributed by atoms with Crippen molar-refractivity contribution in [3.05, 3.63) is 87.8 Å². The Morgan fingerprint density at radius 2 is 1.96 bits per heavy atom. The molecule has 4 nitrogen and oxygen atoms in total. The number of nitrogens with zero attached hydrogens (tertiary/aromatic N) is 3. The highest BCUT2D eigenvalue weighted by Gasteiger charge is 2.12. The van der Waals surface area contributed by atoms with E-state index in [0.29, 0.717) is 33.5 Å². The minimum absolute atomic E-state index is 0.0637. The summed E-state index contributed by atoms with van der Waals surface area (Å²) in [4.78, 5) is 22.1. The van der Waals surface area contributed by atoms with Gasteiger partial charge < -0.3 is 0 Å². The number of fused-ring (bicyclic) bond motifs is 2. The minimum atomic E-state index is -0.0637. The Morgan fingerprint density at radius 1 is 1.14 bits per heavy atom. The third kappa shape index (κ3) is 3.55. The molecule has 28 heavy (non-hydrogen) atoms. The topological polar surface area (TPSA) is 47.8 Å². The van der Waals surface area contributed by atoms with Gasteiger partial charge in [-0.3, -0.25) is 9.36 Å². The van der Waals surface area contributed by atoms with Gasteiger partial charge in [0.2, 0.25) is 0 Å². The first-order valence-corrected chi connectivity index (χ1v) is 10.2. The van der Waals surface area contributed by atoms with Crippen LogP contribution in [0.4, 0.5) is 0 Å². The molecule has 2 aromatic carbocycles. The lowest BCUT2D eigenvalue weighted by Crippen LogP contribution is -2.22. The standard InChI is InChI=1S/C22H18ClN3OS/c1-3-10-26-21(27)17-6-4-5-7-18(17)25-22(26)28-13-16-12-15-9-8-14(2)11-19(15)24-20(16)23/h3-9,11-12H,1,10,13H2,2H3. The molecule has 0 saturated heterocycles. The van der Waals surface area contributed by atoms with Gasteiger partial charge in [0.15, 0.2) is 5.16 Å². The number of thioether (sulfide) groups is 1. The number of pyridine rings is 1. The third-order valence-corrected chi connectivity index (χ3v) is 5.85. The molecule has 0 amide bonds. The van der Waals surface area contributed by atoms with Crippen LogP contribution in [-0.2, 0) is 12.3 Å². The number of allylic oxidation sites excluding steroid dienone is 1. The first kappa shape index (κ1) is 18.7. The van der Waals surface area contributed by atoms with Crippen LogP contribution in [-0.4, -0.2) is 14.5 Å². The molecule has 2 aromatic heterocycles. The average Bonchev–Trinajstić information content (AvgIpc) is 2.69. The molecular weight excluding hydrogens is 390 g/mol. The van der Waals surface area contributed by atoms with Crippen LogP contribution >= 0.6 is 23.4 Å². The second kappa shape index (κ2) is 7.78. The molecule has 0 bridgehead atoms. The van der Waals surface area contributed by atoms with Crippen LogP contribution in [0, 0.1) is 6.92 Å². The van der Waals surface area contributed by atoms with Crippen LogP contribution in [0.3, 0.4) is 0 Å². The van der Waals surface area contributed by atoms with E-state index in [1.807, 2.05) is 43.3 Å². The lowest BCUT2D eigenvalue weighted by Gasteiger charge is -2.12. The van der Waals surface area contributed by atoms with Gasteiger partial charge >= 0.3 is 0 Å². The maximum Gasteiger partial charge on any atom is 0.262 e. The fourth-order valence-electron chi connectivity index (χ4n) is 3.09. The van der Waals surface area contributed by atoms with E-state index in [4.69, 9.17) is 11.6 Å². The molecule has 0 N–H and O–H groups in total. The summed E-state index contributed by atoms with van der Waals surface area (Å²) in [6.45, 7) is 6.20. The third-order valence-electron chi connectivity index (χ3n) is 4.49. The predicted molar refractivity (Wildman–Crippen MR) is 117 cm³/mol. The van der Waals surface area contributed by atoms with Crippen LogP contribution in [0.2, 0.25) is 5.15 Å². The molecule has 0 aliphatic heterocycles. The molecule has 0 unspecified atom stereocenters. The summed E-state index contributed by atoms with van der Waals surface area (Å²) in [6, 6.07) is 15.5. The summed E-state index contributed by atoms with van der Waals surface area (Å²) in [6.07, 6.45) is 1.70. The van der Waals surface area contributed by atoms with Crippen molar-refractivity contribution in [1.82, 2.24) is 14.5 Å². The van der Waals surface area contributed by atoms with Gasteiger partial charge in [-0.2, -0.15) is 0 Å². The van der Waals surface area contributed by atoms with Crippen LogP contribution < -0.4 is 5.56 Å². The predicted octanol–water partition coefficient (Wildman–Crippen LogP) is 5.38. The normalized spacial score (nSPS) is 11.2. The second-order valence-electron chi connectivity index (χ2n) is 6.54. The lowest BCUT2D eigenvalue weighted by atomic mass is 10.1. The SMILES string of the molecule is C=CCn1c(SCc2cc3ccc(C)cc3nc2Cl)nc2ccccc2c1=O. The molecule has 0 atom stereocenters. The molecular formula is C22H18ClN3OS. The van der Waals surface area contributed by atoms with Crippen molar-refractivity contribution in [3.63, 3.8) is 0 Å². The Labute approximate surface area is 171 Å². The fraction of sp³-hybridized carbons (Fsp3) is 0.136. The summed E-state index contributed by atoms with van der Waals surface area (Å²) in [5.41, 5.74) is 3.56. The molecule has 6 heteroatoms. The average molecular weight is 408 g/mol. The van der Waals surface area contributed by atoms with E-state index in [1.165, 1.54) is 11.8 Å². The van der Waals surface area contributed by atoms with Gasteiger partial charge in [0.25, 0.3) is 5.56 Å². The lowest BCUT2D eigenvalue weighted by molar-refractivity contribution is 0.671. The van der Waals surface area contributed by atoms with Crippen molar-refractivity contribution in [2.24, 2.45) is 0 Å². The van der Waals surface area contributed by atoms with E-state index in [0.717, 1.165) is 22.0 Å². The zero-order valence-corrected chi connectivity index (χ0v) is 16.9. The molecule has 4 rings (SSSR count). The van der Waals surface area contributed by atoms with E-state index in [2.05, 4.69) is 22.6 Å². The van der Waals surface area contributed by atoms with Gasteiger partial charge in [0.1, 0.15) is 5.15 Å². The Kier molecular flexibility index (Phi) is 5.20. The molecule has 0 aliphatic carbocycles. The van der Waals surface area contributed by atoms with Gasteiger partial charge in [0, 0.05) is 23.2 Å². The van der Waals surface area contributed by atoms with E-state index in [9.17, 15) is 4.79 Å². The van der Waals surface area contributed by atoms with Crippen LogP contribution in [0.5, 0.6) is 0 Å². The highest BCUT2D eigenvalue weighted by Crippen LogP contribution is 2.28. The van der Waals surface area contributed by atoms with Gasteiger partial charge in [-0.15, -0.1) is 6.58 Å². The Hall–Kier alpha value is -2.63. The summed E-state index contributed by atoms with van der Waals surface area (Å²) in [7, 11) is 0. The van der Waals surface area contributed by atoms with E-state index in [1.54, 1.807) is 16.7 Å². The summed E-state index contributed by atoms with van der Waals surface area (Å²) >= 11 is 7.89. The Balaban J connectivity index is 1.72. The van der Waals surface area contributed by atoms with Crippen molar-refractivity contribution in [2.45, 2.75) is 24.4 Å². The van der Waals surface area contributed by atoms with Crippen molar-refractivity contribution >= 4 is 45.2 Å². The van der Waals surface area contributed by atoms with Gasteiger partial charge in [-0.25, -0.2) is 9.97 Å². The first-order chi connectivity index (χ1) is 13.6. The van der Waals surface area contributed by atoms with Gasteiger partial charge in [0.05, 0.1) is 16.4 Å². The summed E-state index contributed by atoms with van der Waals surface area (Å²) in [5, 5.41) is 2.77. The molecule has 0 radical (unpaired) electrons. The highest BCUT2D eigenvalue weighted by atomic mass is 35.5. The van der Waals surface area contributed by atoms with E-state index >= 15 is 0 Å². The molecule has 140 valence electrons. The number of hydrogen-bond donors (Lipinski definition) is 0. The summed E-state index contributed by atoms with van der Waals surface area (Å²) in [5.74, 6) is 0.567. The van der Waals surface area contributed by atoms with E-state index in [-0.39, 0.29) is 5.56 Å². The summed E-state index contributed by atoms with van der Waals surface area (Å²) < 4.78 is 1.64. The molecule has 0 spiro atoms. The van der Waals surface area contributed by atoms with Gasteiger partial charge in [-0.1, -0.05) is 53.7 Å². The van der Waals surface area contributed by atoms with Crippen LogP contribution in [0.15, 0.2) is 71.1 Å². The first-order valence-electron chi connectivity index (χ1n) is 8.86. The molecule has 0 aliphatic rings. The zero-order valence-electron chi connectivity index (χ0n) is 15.4. The number of hydrogen-bond acceptors (Lipinski definition) is 4. The van der Waals surface area contributed by atoms with Crippen molar-refractivity contribution < 1.29 is 0 Å². The van der Waals surface area contributed by atoms with Gasteiger partial charge in [-0.05, 0) is 36.8 Å². The van der Waals surface area contributed by atoms with Crippen molar-refractivity contribution in [1.29, 1.82) is 0 Å². The number of aryl methyl sites for hydroxylation is 1. The van der Waals surface area contributed by atoms with Crippen LogP contribution in [0.25, 0.3) is 21.8 Å². The monoisotopic (exact) mass is 407 g/mol. The molecule has 0 fully saturated rings. The zero-order chi connectivity index (χ0) is 19.7. The molecule has 0 saturated carbocycles. The van der Waals surface area contributed by atoms with E-state index < -0.39 is 0 Å². The Morgan fingerprint density at radius 3 is 2.79 bits per heavy atom. The number of benzene rings is 2. The Bertz CT molecular complexity index is 1270. The van der Waals surface area contributed by atoms with Crippen molar-refractivity contribution in [3.8, 4) is 0 Å². The maximum atomic E-state index is 12.8. The molecule has 2 heterocycles. The fourth-order valence-corrected chi connectivity index (χ4v) is 4.36. The minimum Gasteiger partial charge on any atom is -0.283 e. The van der Waals surface area contributed by atoms with Crippen molar-refractivity contribution in [2.75, 3.05) is 0 Å². The quantitative estimate of drug-likeness (QED) is 0.193. The highest BCUT2D eigenvalue weighted by molar-refractivity contribution is 7.98. The number of halogens is 1.